The zero-order valence-electron chi connectivity index (χ0n) is 14.4. The van der Waals surface area contributed by atoms with Gasteiger partial charge in [-0.05, 0) is 29.2 Å². The largest absolute Gasteiger partial charge is 0.383 e. The summed E-state index contributed by atoms with van der Waals surface area (Å²) in [6, 6.07) is 7.55. The highest BCUT2D eigenvalue weighted by atomic mass is 32.1. The van der Waals surface area contributed by atoms with Gasteiger partial charge in [0.25, 0.3) is 0 Å². The number of benzene rings is 1. The van der Waals surface area contributed by atoms with E-state index >= 15 is 0 Å². The maximum Gasteiger partial charge on any atom is 0.243 e. The van der Waals surface area contributed by atoms with Gasteiger partial charge in [0.05, 0.1) is 0 Å². The van der Waals surface area contributed by atoms with Crippen LogP contribution in [0.2, 0.25) is 0 Å². The van der Waals surface area contributed by atoms with E-state index in [1.54, 1.807) is 30.7 Å². The van der Waals surface area contributed by atoms with Crippen molar-refractivity contribution < 1.29 is 9.59 Å². The molecule has 1 aromatic carbocycles. The Hall–Kier alpha value is -3.19. The van der Waals surface area contributed by atoms with Gasteiger partial charge in [0.15, 0.2) is 0 Å². The molecular weight excluding hydrogens is 348 g/mol. The number of nitrogen functional groups attached to an aromatic ring is 1. The van der Waals surface area contributed by atoms with E-state index in [9.17, 15) is 9.59 Å². The van der Waals surface area contributed by atoms with Crippen molar-refractivity contribution in [1.82, 2.24) is 10.3 Å². The summed E-state index contributed by atoms with van der Waals surface area (Å²) in [4.78, 5) is 26.9. The first-order valence-corrected chi connectivity index (χ1v) is 8.81. The minimum Gasteiger partial charge on any atom is -0.383 e. The van der Waals surface area contributed by atoms with Crippen LogP contribution in [-0.2, 0) is 9.59 Å². The maximum atomic E-state index is 11.5. The molecule has 0 aliphatic heterocycles. The molecule has 26 heavy (non-hydrogen) atoms. The van der Waals surface area contributed by atoms with E-state index < -0.39 is 0 Å². The second-order valence-electron chi connectivity index (χ2n) is 5.66. The van der Waals surface area contributed by atoms with Crippen LogP contribution in [0.4, 0.5) is 11.5 Å². The van der Waals surface area contributed by atoms with E-state index in [-0.39, 0.29) is 11.8 Å². The highest BCUT2D eigenvalue weighted by Gasteiger charge is 2.13. The third-order valence-electron chi connectivity index (χ3n) is 3.83. The Morgan fingerprint density at radius 3 is 2.62 bits per heavy atom. The lowest BCUT2D eigenvalue weighted by molar-refractivity contribution is -0.116. The topological polar surface area (TPSA) is 97.1 Å². The van der Waals surface area contributed by atoms with Crippen molar-refractivity contribution in [2.75, 3.05) is 18.1 Å². The molecule has 0 saturated carbocycles. The molecule has 0 radical (unpaired) electrons. The number of rotatable bonds is 4. The molecule has 0 fully saturated rings. The van der Waals surface area contributed by atoms with E-state index in [4.69, 9.17) is 5.73 Å². The second kappa shape index (κ2) is 7.37. The van der Waals surface area contributed by atoms with Gasteiger partial charge in [-0.25, -0.2) is 4.98 Å². The predicted octanol–water partition coefficient (Wildman–Crippen LogP) is 3.26. The lowest BCUT2D eigenvalue weighted by atomic mass is 10.0. The Kier molecular flexibility index (Phi) is 4.99. The predicted molar refractivity (Wildman–Crippen MR) is 107 cm³/mol. The molecule has 6 nitrogen and oxygen atoms in total. The Bertz CT molecular complexity index is 1010. The number of carbonyl (C=O) groups is 2. The average molecular weight is 366 g/mol. The molecule has 0 spiro atoms. The summed E-state index contributed by atoms with van der Waals surface area (Å²) in [5.74, 6) is 0.152. The Balaban J connectivity index is 2.04. The summed E-state index contributed by atoms with van der Waals surface area (Å²) >= 11 is 1.55. The van der Waals surface area contributed by atoms with Gasteiger partial charge in [-0.2, -0.15) is 0 Å². The summed E-state index contributed by atoms with van der Waals surface area (Å²) in [5.41, 5.74) is 9.64. The third-order valence-corrected chi connectivity index (χ3v) is 4.86. The van der Waals surface area contributed by atoms with Gasteiger partial charge in [0.1, 0.15) is 5.82 Å². The number of thiophene rings is 1. The van der Waals surface area contributed by atoms with Gasteiger partial charge in [0, 0.05) is 53.1 Å². The SMILES string of the molecule is CNC(=O)C=Cc1cnc(N)c2c(-c3ccc(NC(C)=O)cc3)csc12. The van der Waals surface area contributed by atoms with Crippen molar-refractivity contribution in [3.63, 3.8) is 0 Å². The number of nitrogens with zero attached hydrogens (tertiary/aromatic N) is 1. The first-order valence-electron chi connectivity index (χ1n) is 7.93. The van der Waals surface area contributed by atoms with Crippen LogP contribution in [0.3, 0.4) is 0 Å². The summed E-state index contributed by atoms with van der Waals surface area (Å²) < 4.78 is 0.971. The number of likely N-dealkylation sites (N-methyl/N-ethyl adjacent to an activating group) is 1. The molecule has 7 heteroatoms. The fraction of sp³-hybridized carbons (Fsp3) is 0.105. The van der Waals surface area contributed by atoms with E-state index in [1.807, 2.05) is 29.6 Å². The van der Waals surface area contributed by atoms with Crippen LogP contribution in [0.15, 0.2) is 41.9 Å². The van der Waals surface area contributed by atoms with E-state index in [1.165, 1.54) is 13.0 Å². The summed E-state index contributed by atoms with van der Waals surface area (Å²) in [6.45, 7) is 1.47. The van der Waals surface area contributed by atoms with Gasteiger partial charge in [0.2, 0.25) is 11.8 Å². The molecule has 0 saturated heterocycles. The first-order chi connectivity index (χ1) is 12.5. The zero-order chi connectivity index (χ0) is 18.7. The summed E-state index contributed by atoms with van der Waals surface area (Å²) in [7, 11) is 1.58. The number of nitrogens with one attached hydrogen (secondary N) is 2. The minimum absolute atomic E-state index is 0.111. The Morgan fingerprint density at radius 2 is 1.96 bits per heavy atom. The van der Waals surface area contributed by atoms with Crippen molar-refractivity contribution in [2.24, 2.45) is 0 Å². The van der Waals surface area contributed by atoms with Crippen molar-refractivity contribution in [1.29, 1.82) is 0 Å². The van der Waals surface area contributed by atoms with Gasteiger partial charge >= 0.3 is 0 Å². The Morgan fingerprint density at radius 1 is 1.23 bits per heavy atom. The van der Waals surface area contributed by atoms with Gasteiger partial charge < -0.3 is 16.4 Å². The van der Waals surface area contributed by atoms with Crippen molar-refractivity contribution in [3.8, 4) is 11.1 Å². The normalized spacial score (nSPS) is 11.0. The van der Waals surface area contributed by atoms with Crippen LogP contribution in [0.5, 0.6) is 0 Å². The highest BCUT2D eigenvalue weighted by Crippen LogP contribution is 2.39. The quantitative estimate of drug-likeness (QED) is 0.617. The fourth-order valence-corrected chi connectivity index (χ4v) is 3.68. The van der Waals surface area contributed by atoms with E-state index in [0.29, 0.717) is 5.82 Å². The number of nitrogens with two attached hydrogens (primary N) is 1. The fourth-order valence-electron chi connectivity index (χ4n) is 2.60. The van der Waals surface area contributed by atoms with Gasteiger partial charge in [-0.1, -0.05) is 12.1 Å². The number of amides is 2. The van der Waals surface area contributed by atoms with Crippen molar-refractivity contribution in [3.05, 3.63) is 47.5 Å². The van der Waals surface area contributed by atoms with Gasteiger partial charge in [-0.15, -0.1) is 11.3 Å². The third kappa shape index (κ3) is 3.57. The molecule has 0 unspecified atom stereocenters. The molecule has 2 aromatic heterocycles. The zero-order valence-corrected chi connectivity index (χ0v) is 15.2. The van der Waals surface area contributed by atoms with Crippen LogP contribution in [-0.4, -0.2) is 23.8 Å². The van der Waals surface area contributed by atoms with Crippen LogP contribution < -0.4 is 16.4 Å². The molecule has 132 valence electrons. The number of anilines is 2. The lowest BCUT2D eigenvalue weighted by Gasteiger charge is -2.06. The molecule has 0 aliphatic rings. The second-order valence-corrected chi connectivity index (χ2v) is 6.54. The molecule has 3 aromatic rings. The van der Waals surface area contributed by atoms with Crippen molar-refractivity contribution >= 4 is 50.8 Å². The van der Waals surface area contributed by atoms with E-state index in [2.05, 4.69) is 15.6 Å². The molecule has 3 rings (SSSR count). The molecular formula is C19H18N4O2S. The summed E-state index contributed by atoms with van der Waals surface area (Å²) in [5, 5.41) is 8.18. The van der Waals surface area contributed by atoms with Gasteiger partial charge in [-0.3, -0.25) is 9.59 Å². The minimum atomic E-state index is -0.180. The highest BCUT2D eigenvalue weighted by molar-refractivity contribution is 7.18. The number of hydrogen-bond donors (Lipinski definition) is 3. The number of aromatic nitrogens is 1. The molecule has 4 N–H and O–H groups in total. The van der Waals surface area contributed by atoms with Crippen LogP contribution in [0.25, 0.3) is 27.3 Å². The smallest absolute Gasteiger partial charge is 0.243 e. The first kappa shape index (κ1) is 17.6. The molecule has 2 amide bonds. The average Bonchev–Trinajstić information content (AvgIpc) is 3.07. The number of pyridine rings is 1. The van der Waals surface area contributed by atoms with Crippen LogP contribution in [0, 0.1) is 0 Å². The number of carbonyl (C=O) groups excluding carboxylic acids is 2. The maximum absolute atomic E-state index is 11.5. The van der Waals surface area contributed by atoms with E-state index in [0.717, 1.165) is 32.5 Å². The number of fused-ring (bicyclic) bond motifs is 1. The van der Waals surface area contributed by atoms with Crippen molar-refractivity contribution in [2.45, 2.75) is 6.92 Å². The molecule has 0 atom stereocenters. The van der Waals surface area contributed by atoms with Crippen LogP contribution >= 0.6 is 11.3 Å². The Labute approximate surface area is 154 Å². The van der Waals surface area contributed by atoms with Crippen LogP contribution in [0.1, 0.15) is 12.5 Å². The number of hydrogen-bond acceptors (Lipinski definition) is 5. The summed E-state index contributed by atoms with van der Waals surface area (Å²) in [6.07, 6.45) is 4.86. The molecule has 2 heterocycles. The lowest BCUT2D eigenvalue weighted by Crippen LogP contribution is -2.13. The monoisotopic (exact) mass is 366 g/mol. The standard InChI is InChI=1S/C19H18N4O2S/c1-11(24)23-14-6-3-12(4-7-14)15-10-26-18-13(5-8-16(25)21-2)9-22-19(20)17(15)18/h3-10H,1-2H3,(H2,20,22)(H,21,25)(H,23,24). The molecule has 0 aliphatic carbocycles. The molecule has 0 bridgehead atoms.